The highest BCUT2D eigenvalue weighted by atomic mass is 16.1. The topological polar surface area (TPSA) is 84.2 Å². The van der Waals surface area contributed by atoms with Crippen molar-refractivity contribution in [3.63, 3.8) is 0 Å². The number of anilines is 1. The molecular weight excluding hydrogens is 254 g/mol. The molecule has 5 heteroatoms. The Morgan fingerprint density at radius 3 is 2.45 bits per heavy atom. The summed E-state index contributed by atoms with van der Waals surface area (Å²) >= 11 is 0. The summed E-state index contributed by atoms with van der Waals surface area (Å²) in [6, 6.07) is 7.23. The van der Waals surface area contributed by atoms with E-state index in [1.807, 2.05) is 12.1 Å². The summed E-state index contributed by atoms with van der Waals surface area (Å²) in [7, 11) is 0. The fourth-order valence-corrected chi connectivity index (χ4v) is 2.47. The highest BCUT2D eigenvalue weighted by Gasteiger charge is 2.16. The molecule has 20 heavy (non-hydrogen) atoms. The molecule has 0 atom stereocenters. The highest BCUT2D eigenvalue weighted by molar-refractivity contribution is 5.90. The fraction of sp³-hybridized carbons (Fsp3) is 0.467. The maximum atomic E-state index is 11.9. The van der Waals surface area contributed by atoms with E-state index >= 15 is 0 Å². The summed E-state index contributed by atoms with van der Waals surface area (Å²) in [5, 5.41) is 6.18. The third-order valence-corrected chi connectivity index (χ3v) is 3.55. The maximum Gasteiger partial charge on any atom is 0.224 e. The lowest BCUT2D eigenvalue weighted by molar-refractivity contribution is -0.118. The zero-order chi connectivity index (χ0) is 14.4. The van der Waals surface area contributed by atoms with Crippen molar-refractivity contribution in [3.05, 3.63) is 29.8 Å². The summed E-state index contributed by atoms with van der Waals surface area (Å²) in [6.45, 7) is 2.00. The van der Waals surface area contributed by atoms with Gasteiger partial charge in [-0.05, 0) is 49.5 Å². The number of hydrogen-bond acceptors (Lipinski definition) is 3. The molecule has 1 aromatic carbocycles. The summed E-state index contributed by atoms with van der Waals surface area (Å²) < 4.78 is 0. The van der Waals surface area contributed by atoms with Crippen molar-refractivity contribution in [2.24, 2.45) is 11.7 Å². The van der Waals surface area contributed by atoms with Crippen LogP contribution in [0.4, 0.5) is 5.69 Å². The maximum absolute atomic E-state index is 11.9. The Bertz CT molecular complexity index is 465. The standard InChI is InChI=1S/C15H21N3O2/c16-14(19)9-11-1-3-13(4-2-11)18-15(20)10-12-5-7-17-8-6-12/h1-4,12,17H,5-10H2,(H2,16,19)(H,18,20). The van der Waals surface area contributed by atoms with Crippen molar-refractivity contribution < 1.29 is 9.59 Å². The molecule has 1 aliphatic heterocycles. The number of nitrogens with one attached hydrogen (secondary N) is 2. The first kappa shape index (κ1) is 14.5. The Kier molecular flexibility index (Phi) is 5.12. The van der Waals surface area contributed by atoms with Gasteiger partial charge < -0.3 is 16.4 Å². The molecular formula is C15H21N3O2. The Balaban J connectivity index is 1.82. The molecule has 0 saturated carbocycles. The summed E-state index contributed by atoms with van der Waals surface area (Å²) in [6.07, 6.45) is 2.92. The second-order valence-corrected chi connectivity index (χ2v) is 5.29. The van der Waals surface area contributed by atoms with Crippen LogP contribution < -0.4 is 16.4 Å². The minimum absolute atomic E-state index is 0.0551. The largest absolute Gasteiger partial charge is 0.369 e. The minimum atomic E-state index is -0.354. The average Bonchev–Trinajstić information content (AvgIpc) is 2.41. The van der Waals surface area contributed by atoms with Crippen molar-refractivity contribution in [1.29, 1.82) is 0 Å². The molecule has 0 aromatic heterocycles. The van der Waals surface area contributed by atoms with Gasteiger partial charge in [0.2, 0.25) is 11.8 Å². The van der Waals surface area contributed by atoms with E-state index in [9.17, 15) is 9.59 Å². The first-order chi connectivity index (χ1) is 9.63. The monoisotopic (exact) mass is 275 g/mol. The molecule has 1 heterocycles. The van der Waals surface area contributed by atoms with Crippen molar-refractivity contribution in [2.45, 2.75) is 25.7 Å². The predicted molar refractivity (Wildman–Crippen MR) is 78.2 cm³/mol. The van der Waals surface area contributed by atoms with Gasteiger partial charge in [0.1, 0.15) is 0 Å². The molecule has 2 rings (SSSR count). The van der Waals surface area contributed by atoms with Crippen LogP contribution in [0.15, 0.2) is 24.3 Å². The Morgan fingerprint density at radius 1 is 1.20 bits per heavy atom. The number of benzene rings is 1. The number of hydrogen-bond donors (Lipinski definition) is 3. The summed E-state index contributed by atoms with van der Waals surface area (Å²) in [4.78, 5) is 22.7. The molecule has 0 spiro atoms. The van der Waals surface area contributed by atoms with E-state index in [4.69, 9.17) is 5.73 Å². The van der Waals surface area contributed by atoms with Crippen LogP contribution in [0.25, 0.3) is 0 Å². The first-order valence-corrected chi connectivity index (χ1v) is 7.01. The second-order valence-electron chi connectivity index (χ2n) is 5.29. The minimum Gasteiger partial charge on any atom is -0.369 e. The van der Waals surface area contributed by atoms with E-state index in [1.165, 1.54) is 0 Å². The number of primary amides is 1. The molecule has 0 bridgehead atoms. The molecule has 0 unspecified atom stereocenters. The lowest BCUT2D eigenvalue weighted by atomic mass is 9.94. The zero-order valence-corrected chi connectivity index (χ0v) is 11.5. The van der Waals surface area contributed by atoms with Gasteiger partial charge in [-0.1, -0.05) is 12.1 Å². The quantitative estimate of drug-likeness (QED) is 0.750. The van der Waals surface area contributed by atoms with Gasteiger partial charge in [-0.2, -0.15) is 0 Å². The Labute approximate surface area is 118 Å². The Hall–Kier alpha value is -1.88. The van der Waals surface area contributed by atoms with Crippen LogP contribution in [0.1, 0.15) is 24.8 Å². The zero-order valence-electron chi connectivity index (χ0n) is 11.5. The van der Waals surface area contributed by atoms with Crippen LogP contribution in [0, 0.1) is 5.92 Å². The second kappa shape index (κ2) is 7.05. The number of nitrogens with two attached hydrogens (primary N) is 1. The average molecular weight is 275 g/mol. The molecule has 0 radical (unpaired) electrons. The molecule has 1 aromatic rings. The Morgan fingerprint density at radius 2 is 1.85 bits per heavy atom. The van der Waals surface area contributed by atoms with E-state index in [0.717, 1.165) is 37.2 Å². The van der Waals surface area contributed by atoms with Gasteiger partial charge in [0.05, 0.1) is 6.42 Å². The fourth-order valence-electron chi connectivity index (χ4n) is 2.47. The SMILES string of the molecule is NC(=O)Cc1ccc(NC(=O)CC2CCNCC2)cc1. The van der Waals surface area contributed by atoms with Crippen LogP contribution in [0.2, 0.25) is 0 Å². The van der Waals surface area contributed by atoms with Crippen LogP contribution >= 0.6 is 0 Å². The highest BCUT2D eigenvalue weighted by Crippen LogP contribution is 2.17. The van der Waals surface area contributed by atoms with Gasteiger partial charge in [-0.25, -0.2) is 0 Å². The van der Waals surface area contributed by atoms with Gasteiger partial charge in [0.15, 0.2) is 0 Å². The van der Waals surface area contributed by atoms with Crippen LogP contribution in [0.5, 0.6) is 0 Å². The van der Waals surface area contributed by atoms with Crippen molar-refractivity contribution in [2.75, 3.05) is 18.4 Å². The third-order valence-electron chi connectivity index (χ3n) is 3.55. The smallest absolute Gasteiger partial charge is 0.224 e. The normalized spacial score (nSPS) is 15.8. The van der Waals surface area contributed by atoms with E-state index in [-0.39, 0.29) is 18.2 Å². The molecule has 1 fully saturated rings. The summed E-state index contributed by atoms with van der Waals surface area (Å²) in [5.41, 5.74) is 6.75. The lowest BCUT2D eigenvalue weighted by Crippen LogP contribution is -2.30. The van der Waals surface area contributed by atoms with Gasteiger partial charge >= 0.3 is 0 Å². The lowest BCUT2D eigenvalue weighted by Gasteiger charge is -2.21. The van der Waals surface area contributed by atoms with E-state index < -0.39 is 0 Å². The van der Waals surface area contributed by atoms with Crippen LogP contribution in [-0.4, -0.2) is 24.9 Å². The van der Waals surface area contributed by atoms with Crippen molar-refractivity contribution in [3.8, 4) is 0 Å². The molecule has 108 valence electrons. The molecule has 0 aliphatic carbocycles. The van der Waals surface area contributed by atoms with Gasteiger partial charge in [-0.15, -0.1) is 0 Å². The van der Waals surface area contributed by atoms with E-state index in [0.29, 0.717) is 12.3 Å². The molecule has 1 aliphatic rings. The number of amides is 2. The van der Waals surface area contributed by atoms with Crippen LogP contribution in [-0.2, 0) is 16.0 Å². The third kappa shape index (κ3) is 4.66. The molecule has 4 N–H and O–H groups in total. The van der Waals surface area contributed by atoms with Crippen molar-refractivity contribution in [1.82, 2.24) is 5.32 Å². The van der Waals surface area contributed by atoms with E-state index in [2.05, 4.69) is 10.6 Å². The van der Waals surface area contributed by atoms with Gasteiger partial charge in [-0.3, -0.25) is 9.59 Å². The molecule has 2 amide bonds. The number of carbonyl (C=O) groups is 2. The number of rotatable bonds is 5. The van der Waals surface area contributed by atoms with Gasteiger partial charge in [0.25, 0.3) is 0 Å². The molecule has 5 nitrogen and oxygen atoms in total. The van der Waals surface area contributed by atoms with Gasteiger partial charge in [0, 0.05) is 12.1 Å². The molecule has 1 saturated heterocycles. The number of piperidine rings is 1. The first-order valence-electron chi connectivity index (χ1n) is 7.01. The van der Waals surface area contributed by atoms with Crippen LogP contribution in [0.3, 0.4) is 0 Å². The van der Waals surface area contributed by atoms with E-state index in [1.54, 1.807) is 12.1 Å². The van der Waals surface area contributed by atoms with Crippen molar-refractivity contribution >= 4 is 17.5 Å². The summed E-state index contributed by atoms with van der Waals surface area (Å²) in [5.74, 6) is 0.178. The number of carbonyl (C=O) groups excluding carboxylic acids is 2. The predicted octanol–water partition coefficient (Wildman–Crippen LogP) is 1.04.